The molecule has 9 nitrogen and oxygen atoms in total. The molecule has 2 N–H and O–H groups in total. The van der Waals surface area contributed by atoms with Crippen molar-refractivity contribution in [3.63, 3.8) is 0 Å². The average molecular weight is 361 g/mol. The van der Waals surface area contributed by atoms with Gasteiger partial charge in [0, 0.05) is 18.7 Å². The Balaban J connectivity index is 1.78. The molecule has 0 aliphatic carbocycles. The summed E-state index contributed by atoms with van der Waals surface area (Å²) in [5.41, 5.74) is 8.45. The first-order chi connectivity index (χ1) is 13.3. The monoisotopic (exact) mass is 361 g/mol. The molecule has 0 aromatic carbocycles. The van der Waals surface area contributed by atoms with Gasteiger partial charge in [0.1, 0.15) is 12.0 Å². The molecule has 0 atom stereocenters. The smallest absolute Gasteiger partial charge is 0.245 e. The van der Waals surface area contributed by atoms with Crippen LogP contribution in [0.15, 0.2) is 47.0 Å². The maximum atomic E-state index is 6.14. The van der Waals surface area contributed by atoms with Crippen molar-refractivity contribution in [2.24, 2.45) is 0 Å². The van der Waals surface area contributed by atoms with Crippen LogP contribution in [0, 0.1) is 0 Å². The third kappa shape index (κ3) is 2.69. The Bertz CT molecular complexity index is 1130. The van der Waals surface area contributed by atoms with Gasteiger partial charge in [-0.1, -0.05) is 6.07 Å². The summed E-state index contributed by atoms with van der Waals surface area (Å²) in [6, 6.07) is 5.60. The highest BCUT2D eigenvalue weighted by Crippen LogP contribution is 2.33. The summed E-state index contributed by atoms with van der Waals surface area (Å²) >= 11 is 0. The standard InChI is InChI=1S/C18H15N7O2/c19-18-23-15(17-21-7-9-27-17)14(12-5-1-2-6-20-12)16-22-13(24-25(16)18)10-11-4-3-8-26-11/h1-2,5-7,9-10H,3-4,8H2,(H2,19,23). The van der Waals surface area contributed by atoms with Gasteiger partial charge in [-0.3, -0.25) is 4.98 Å². The van der Waals surface area contributed by atoms with E-state index in [2.05, 4.69) is 25.0 Å². The number of nitrogens with zero attached hydrogens (tertiary/aromatic N) is 6. The van der Waals surface area contributed by atoms with E-state index in [9.17, 15) is 0 Å². The lowest BCUT2D eigenvalue weighted by Crippen LogP contribution is -2.06. The SMILES string of the molecule is Nc1nc(-c2ncco2)c(-c2ccccn2)c2nc(C=C3CCCO3)nn12. The zero-order valence-electron chi connectivity index (χ0n) is 14.2. The van der Waals surface area contributed by atoms with Crippen LogP contribution in [0.3, 0.4) is 0 Å². The fourth-order valence-corrected chi connectivity index (χ4v) is 3.06. The predicted octanol–water partition coefficient (Wildman–Crippen LogP) is 2.57. The van der Waals surface area contributed by atoms with E-state index in [0.29, 0.717) is 34.3 Å². The van der Waals surface area contributed by atoms with Crippen LogP contribution in [0.4, 0.5) is 5.95 Å². The predicted molar refractivity (Wildman–Crippen MR) is 97.1 cm³/mol. The Hall–Kier alpha value is -3.75. The molecule has 0 bridgehead atoms. The van der Waals surface area contributed by atoms with Crippen LogP contribution in [0.2, 0.25) is 0 Å². The number of anilines is 1. The van der Waals surface area contributed by atoms with Gasteiger partial charge in [-0.2, -0.15) is 4.52 Å². The van der Waals surface area contributed by atoms with Gasteiger partial charge in [0.15, 0.2) is 11.5 Å². The fraction of sp³-hybridized carbons (Fsp3) is 0.167. The molecule has 1 aliphatic rings. The molecule has 1 aliphatic heterocycles. The van der Waals surface area contributed by atoms with Crippen LogP contribution in [-0.4, -0.2) is 36.2 Å². The van der Waals surface area contributed by atoms with Gasteiger partial charge in [-0.25, -0.2) is 15.0 Å². The maximum Gasteiger partial charge on any atom is 0.245 e. The van der Waals surface area contributed by atoms with Crippen molar-refractivity contribution in [2.75, 3.05) is 12.3 Å². The Kier molecular flexibility index (Phi) is 3.56. The van der Waals surface area contributed by atoms with E-state index in [1.165, 1.54) is 10.8 Å². The highest BCUT2D eigenvalue weighted by Gasteiger charge is 2.22. The summed E-state index contributed by atoms with van der Waals surface area (Å²) in [5, 5.41) is 4.47. The van der Waals surface area contributed by atoms with Crippen molar-refractivity contribution >= 4 is 17.7 Å². The number of ether oxygens (including phenoxy) is 1. The van der Waals surface area contributed by atoms with E-state index in [1.807, 2.05) is 24.3 Å². The number of nitrogen functional groups attached to an aromatic ring is 1. The Labute approximate surface area is 153 Å². The lowest BCUT2D eigenvalue weighted by Gasteiger charge is -2.08. The highest BCUT2D eigenvalue weighted by molar-refractivity contribution is 5.87. The van der Waals surface area contributed by atoms with Crippen LogP contribution < -0.4 is 5.73 Å². The first-order valence-corrected chi connectivity index (χ1v) is 8.50. The molecule has 9 heteroatoms. The summed E-state index contributed by atoms with van der Waals surface area (Å²) in [6.45, 7) is 0.719. The number of allylic oxidation sites excluding steroid dienone is 1. The van der Waals surface area contributed by atoms with E-state index < -0.39 is 0 Å². The quantitative estimate of drug-likeness (QED) is 0.591. The van der Waals surface area contributed by atoms with Crippen LogP contribution in [0.5, 0.6) is 0 Å². The minimum absolute atomic E-state index is 0.183. The van der Waals surface area contributed by atoms with Crippen LogP contribution in [0.1, 0.15) is 18.7 Å². The topological polar surface area (TPSA) is 117 Å². The second kappa shape index (κ2) is 6.20. The molecule has 5 rings (SSSR count). The summed E-state index contributed by atoms with van der Waals surface area (Å²) in [4.78, 5) is 17.8. The summed E-state index contributed by atoms with van der Waals surface area (Å²) in [7, 11) is 0. The van der Waals surface area contributed by atoms with Crippen LogP contribution >= 0.6 is 0 Å². The van der Waals surface area contributed by atoms with Gasteiger partial charge in [0.2, 0.25) is 11.8 Å². The molecule has 4 aromatic rings. The first-order valence-electron chi connectivity index (χ1n) is 8.50. The third-order valence-electron chi connectivity index (χ3n) is 4.23. The fourth-order valence-electron chi connectivity index (χ4n) is 3.06. The number of fused-ring (bicyclic) bond motifs is 1. The molecule has 0 radical (unpaired) electrons. The number of aromatic nitrogens is 6. The molecular weight excluding hydrogens is 346 g/mol. The van der Waals surface area contributed by atoms with Gasteiger partial charge < -0.3 is 14.9 Å². The molecule has 5 heterocycles. The van der Waals surface area contributed by atoms with Crippen LogP contribution in [0.25, 0.3) is 34.6 Å². The van der Waals surface area contributed by atoms with E-state index in [-0.39, 0.29) is 5.95 Å². The number of pyridine rings is 1. The van der Waals surface area contributed by atoms with Crippen molar-refractivity contribution in [1.29, 1.82) is 0 Å². The number of hydrogen-bond donors (Lipinski definition) is 1. The Morgan fingerprint density at radius 1 is 1.15 bits per heavy atom. The summed E-state index contributed by atoms with van der Waals surface area (Å²) < 4.78 is 12.5. The molecule has 134 valence electrons. The van der Waals surface area contributed by atoms with Gasteiger partial charge in [0.05, 0.1) is 29.8 Å². The second-order valence-corrected chi connectivity index (χ2v) is 6.01. The lowest BCUT2D eigenvalue weighted by molar-refractivity contribution is 0.266. The minimum Gasteiger partial charge on any atom is -0.498 e. The minimum atomic E-state index is 0.183. The average Bonchev–Trinajstić information content (AvgIpc) is 3.44. The van der Waals surface area contributed by atoms with E-state index >= 15 is 0 Å². The molecular formula is C18H15N7O2. The number of nitrogens with two attached hydrogens (primary N) is 1. The summed E-state index contributed by atoms with van der Waals surface area (Å²) in [5.74, 6) is 1.89. The zero-order valence-corrected chi connectivity index (χ0v) is 14.2. The second-order valence-electron chi connectivity index (χ2n) is 6.01. The number of oxazole rings is 1. The van der Waals surface area contributed by atoms with Gasteiger partial charge in [-0.05, 0) is 18.6 Å². The Morgan fingerprint density at radius 2 is 2.11 bits per heavy atom. The molecule has 0 saturated carbocycles. The van der Waals surface area contributed by atoms with Crippen molar-refractivity contribution in [2.45, 2.75) is 12.8 Å². The van der Waals surface area contributed by atoms with Crippen LogP contribution in [-0.2, 0) is 4.74 Å². The molecule has 0 amide bonds. The van der Waals surface area contributed by atoms with Crippen molar-refractivity contribution in [3.8, 4) is 22.8 Å². The zero-order chi connectivity index (χ0) is 18.2. The van der Waals surface area contributed by atoms with E-state index in [4.69, 9.17) is 14.9 Å². The molecule has 1 fully saturated rings. The first kappa shape index (κ1) is 15.5. The van der Waals surface area contributed by atoms with Gasteiger partial charge in [0.25, 0.3) is 0 Å². The largest absolute Gasteiger partial charge is 0.498 e. The van der Waals surface area contributed by atoms with E-state index in [1.54, 1.807) is 12.4 Å². The third-order valence-corrected chi connectivity index (χ3v) is 4.23. The molecule has 27 heavy (non-hydrogen) atoms. The summed E-state index contributed by atoms with van der Waals surface area (Å²) in [6.07, 6.45) is 8.43. The Morgan fingerprint density at radius 3 is 2.85 bits per heavy atom. The van der Waals surface area contributed by atoms with Gasteiger partial charge in [-0.15, -0.1) is 5.10 Å². The normalized spacial score (nSPS) is 15.5. The number of hydrogen-bond acceptors (Lipinski definition) is 8. The van der Waals surface area contributed by atoms with Crippen molar-refractivity contribution in [3.05, 3.63) is 48.4 Å². The molecule has 4 aromatic heterocycles. The highest BCUT2D eigenvalue weighted by atomic mass is 16.5. The maximum absolute atomic E-state index is 6.14. The molecule has 0 unspecified atom stereocenters. The lowest BCUT2D eigenvalue weighted by atomic mass is 10.1. The number of rotatable bonds is 3. The van der Waals surface area contributed by atoms with E-state index in [0.717, 1.165) is 25.2 Å². The molecule has 1 saturated heterocycles. The molecule has 0 spiro atoms. The van der Waals surface area contributed by atoms with Crippen molar-refractivity contribution < 1.29 is 9.15 Å². The van der Waals surface area contributed by atoms with Crippen molar-refractivity contribution in [1.82, 2.24) is 29.5 Å². The van der Waals surface area contributed by atoms with Gasteiger partial charge >= 0.3 is 0 Å².